The first-order chi connectivity index (χ1) is 7.09. The Morgan fingerprint density at radius 2 is 2.27 bits per heavy atom. The van der Waals surface area contributed by atoms with Gasteiger partial charge in [-0.05, 0) is 0 Å². The predicted octanol–water partition coefficient (Wildman–Crippen LogP) is -1.26. The molecule has 1 aromatic heterocycles. The number of nitrogens with two attached hydrogens (primary N) is 1. The SMILES string of the molecule is CC(=O)NCC(=O)NCc1cn[nH]c1N. The highest BCUT2D eigenvalue weighted by molar-refractivity contribution is 5.83. The number of nitrogens with zero attached hydrogens (tertiary/aromatic N) is 1. The zero-order valence-electron chi connectivity index (χ0n) is 8.33. The topological polar surface area (TPSA) is 113 Å². The van der Waals surface area contributed by atoms with Crippen LogP contribution in [0.1, 0.15) is 12.5 Å². The number of H-pyrrole nitrogens is 1. The van der Waals surface area contributed by atoms with Crippen LogP contribution in [0.3, 0.4) is 0 Å². The lowest BCUT2D eigenvalue weighted by molar-refractivity contribution is -0.125. The molecule has 82 valence electrons. The quantitative estimate of drug-likeness (QED) is 0.498. The second-order valence-electron chi connectivity index (χ2n) is 3.00. The van der Waals surface area contributed by atoms with E-state index in [9.17, 15) is 9.59 Å². The molecule has 0 unspecified atom stereocenters. The lowest BCUT2D eigenvalue weighted by Gasteiger charge is -2.04. The molecule has 7 heteroatoms. The Labute approximate surface area is 86.4 Å². The zero-order valence-corrected chi connectivity index (χ0v) is 8.33. The Kier molecular flexibility index (Phi) is 3.67. The van der Waals surface area contributed by atoms with E-state index < -0.39 is 0 Å². The van der Waals surface area contributed by atoms with Crippen LogP contribution in [0.2, 0.25) is 0 Å². The molecule has 0 aliphatic rings. The maximum Gasteiger partial charge on any atom is 0.239 e. The molecule has 0 aliphatic heterocycles. The summed E-state index contributed by atoms with van der Waals surface area (Å²) < 4.78 is 0. The van der Waals surface area contributed by atoms with E-state index in [0.29, 0.717) is 17.9 Å². The number of carbonyl (C=O) groups excluding carboxylic acids is 2. The highest BCUT2D eigenvalue weighted by Crippen LogP contribution is 2.04. The Morgan fingerprint density at radius 1 is 1.53 bits per heavy atom. The van der Waals surface area contributed by atoms with Crippen molar-refractivity contribution in [3.05, 3.63) is 11.8 Å². The van der Waals surface area contributed by atoms with Gasteiger partial charge in [0.25, 0.3) is 0 Å². The van der Waals surface area contributed by atoms with Crippen LogP contribution >= 0.6 is 0 Å². The molecule has 2 amide bonds. The summed E-state index contributed by atoms with van der Waals surface area (Å²) in [6.45, 7) is 1.61. The minimum Gasteiger partial charge on any atom is -0.384 e. The minimum atomic E-state index is -0.272. The molecule has 7 nitrogen and oxygen atoms in total. The fraction of sp³-hybridized carbons (Fsp3) is 0.375. The van der Waals surface area contributed by atoms with Crippen molar-refractivity contribution in [1.82, 2.24) is 20.8 Å². The standard InChI is InChI=1S/C8H13N5O2/c1-5(14)10-4-7(15)11-2-6-3-12-13-8(6)9/h3H,2,4H2,1H3,(H,10,14)(H,11,15)(H3,9,12,13). The van der Waals surface area contributed by atoms with E-state index >= 15 is 0 Å². The molecule has 1 rings (SSSR count). The van der Waals surface area contributed by atoms with E-state index in [1.54, 1.807) is 0 Å². The molecule has 0 aliphatic carbocycles. The number of nitrogens with one attached hydrogen (secondary N) is 3. The van der Waals surface area contributed by atoms with Crippen LogP contribution in [0.15, 0.2) is 6.20 Å². The van der Waals surface area contributed by atoms with Crippen LogP contribution in [0.25, 0.3) is 0 Å². The number of aromatic amines is 1. The molecule has 15 heavy (non-hydrogen) atoms. The molecule has 0 saturated heterocycles. The molecule has 1 heterocycles. The van der Waals surface area contributed by atoms with Crippen molar-refractivity contribution in [1.29, 1.82) is 0 Å². The van der Waals surface area contributed by atoms with Crippen LogP contribution in [0, 0.1) is 0 Å². The van der Waals surface area contributed by atoms with Crippen molar-refractivity contribution >= 4 is 17.6 Å². The lowest BCUT2D eigenvalue weighted by atomic mass is 10.3. The van der Waals surface area contributed by atoms with E-state index in [0.717, 1.165) is 0 Å². The Morgan fingerprint density at radius 3 is 2.80 bits per heavy atom. The molecule has 0 saturated carbocycles. The van der Waals surface area contributed by atoms with Gasteiger partial charge < -0.3 is 16.4 Å². The van der Waals surface area contributed by atoms with E-state index in [4.69, 9.17) is 5.73 Å². The van der Waals surface area contributed by atoms with Gasteiger partial charge in [-0.2, -0.15) is 5.10 Å². The van der Waals surface area contributed by atoms with E-state index in [-0.39, 0.29) is 18.4 Å². The molecule has 5 N–H and O–H groups in total. The van der Waals surface area contributed by atoms with Crippen LogP contribution in [-0.2, 0) is 16.1 Å². The van der Waals surface area contributed by atoms with E-state index in [1.165, 1.54) is 13.1 Å². The summed E-state index contributed by atoms with van der Waals surface area (Å²) >= 11 is 0. The summed E-state index contributed by atoms with van der Waals surface area (Å²) in [5.74, 6) is -0.0893. The van der Waals surface area contributed by atoms with Crippen molar-refractivity contribution in [2.45, 2.75) is 13.5 Å². The zero-order chi connectivity index (χ0) is 11.3. The number of hydrogen-bond acceptors (Lipinski definition) is 4. The van der Waals surface area contributed by atoms with Crippen molar-refractivity contribution in [2.75, 3.05) is 12.3 Å². The van der Waals surface area contributed by atoms with Gasteiger partial charge in [0, 0.05) is 19.0 Å². The number of rotatable bonds is 4. The first-order valence-electron chi connectivity index (χ1n) is 4.38. The van der Waals surface area contributed by atoms with Gasteiger partial charge in [-0.1, -0.05) is 0 Å². The van der Waals surface area contributed by atoms with Gasteiger partial charge in [0.1, 0.15) is 5.82 Å². The smallest absolute Gasteiger partial charge is 0.239 e. The van der Waals surface area contributed by atoms with Crippen LogP contribution in [0.4, 0.5) is 5.82 Å². The second-order valence-corrected chi connectivity index (χ2v) is 3.00. The summed E-state index contributed by atoms with van der Waals surface area (Å²) in [6, 6.07) is 0. The first-order valence-corrected chi connectivity index (χ1v) is 4.38. The summed E-state index contributed by atoms with van der Waals surface area (Å²) in [5.41, 5.74) is 6.22. The third-order valence-electron chi connectivity index (χ3n) is 1.73. The maximum absolute atomic E-state index is 11.2. The Balaban J connectivity index is 2.28. The second kappa shape index (κ2) is 4.99. The number of amides is 2. The fourth-order valence-corrected chi connectivity index (χ4v) is 0.923. The summed E-state index contributed by atoms with van der Waals surface area (Å²) in [7, 11) is 0. The van der Waals surface area contributed by atoms with Crippen molar-refractivity contribution < 1.29 is 9.59 Å². The van der Waals surface area contributed by atoms with Crippen LogP contribution in [-0.4, -0.2) is 28.6 Å². The highest BCUT2D eigenvalue weighted by atomic mass is 16.2. The third-order valence-corrected chi connectivity index (χ3v) is 1.73. The molecule has 0 fully saturated rings. The van der Waals surface area contributed by atoms with Gasteiger partial charge in [0.2, 0.25) is 11.8 Å². The molecule has 0 spiro atoms. The summed E-state index contributed by atoms with van der Waals surface area (Å²) in [4.78, 5) is 21.7. The third kappa shape index (κ3) is 3.67. The maximum atomic E-state index is 11.2. The number of carbonyl (C=O) groups is 2. The van der Waals surface area contributed by atoms with Crippen molar-refractivity contribution in [3.8, 4) is 0 Å². The van der Waals surface area contributed by atoms with Crippen molar-refractivity contribution in [2.24, 2.45) is 0 Å². The normalized spacial score (nSPS) is 9.67. The van der Waals surface area contributed by atoms with Gasteiger partial charge in [-0.15, -0.1) is 0 Å². The summed E-state index contributed by atoms with van der Waals surface area (Å²) in [5, 5.41) is 11.2. The minimum absolute atomic E-state index is 0.0346. The lowest BCUT2D eigenvalue weighted by Crippen LogP contribution is -2.35. The van der Waals surface area contributed by atoms with Crippen molar-refractivity contribution in [3.63, 3.8) is 0 Å². The van der Waals surface area contributed by atoms with Crippen LogP contribution < -0.4 is 16.4 Å². The number of aromatic nitrogens is 2. The largest absolute Gasteiger partial charge is 0.384 e. The molecular weight excluding hydrogens is 198 g/mol. The molecular formula is C8H13N5O2. The molecule has 0 atom stereocenters. The van der Waals surface area contributed by atoms with Gasteiger partial charge in [0.05, 0.1) is 12.7 Å². The molecule has 0 radical (unpaired) electrons. The monoisotopic (exact) mass is 211 g/mol. The van der Waals surface area contributed by atoms with Crippen LogP contribution in [0.5, 0.6) is 0 Å². The Bertz CT molecular complexity index is 360. The number of anilines is 1. The fourth-order valence-electron chi connectivity index (χ4n) is 0.923. The molecule has 0 bridgehead atoms. The van der Waals surface area contributed by atoms with E-state index in [1.807, 2.05) is 0 Å². The molecule has 0 aromatic carbocycles. The van der Waals surface area contributed by atoms with E-state index in [2.05, 4.69) is 20.8 Å². The summed E-state index contributed by atoms with van der Waals surface area (Å²) in [6.07, 6.45) is 1.54. The van der Waals surface area contributed by atoms with Gasteiger partial charge in [-0.25, -0.2) is 0 Å². The number of hydrogen-bond donors (Lipinski definition) is 4. The average Bonchev–Trinajstić information content (AvgIpc) is 2.58. The Hall–Kier alpha value is -2.05. The van der Waals surface area contributed by atoms with Gasteiger partial charge >= 0.3 is 0 Å². The highest BCUT2D eigenvalue weighted by Gasteiger charge is 2.04. The van der Waals surface area contributed by atoms with Gasteiger partial charge in [-0.3, -0.25) is 14.7 Å². The molecule has 1 aromatic rings. The van der Waals surface area contributed by atoms with Gasteiger partial charge in [0.15, 0.2) is 0 Å². The average molecular weight is 211 g/mol. The predicted molar refractivity (Wildman–Crippen MR) is 53.5 cm³/mol. The number of nitrogen functional groups attached to an aromatic ring is 1. The first kappa shape index (κ1) is 11.0.